The topological polar surface area (TPSA) is 108 Å². The minimum Gasteiger partial charge on any atom is -0.508 e. The van der Waals surface area contributed by atoms with Crippen LogP contribution in [0.15, 0.2) is 78.9 Å². The number of benzene rings is 3. The van der Waals surface area contributed by atoms with Crippen molar-refractivity contribution in [3.8, 4) is 5.75 Å². The Morgan fingerprint density at radius 2 is 1.55 bits per heavy atom. The van der Waals surface area contributed by atoms with Gasteiger partial charge in [0.25, 0.3) is 5.91 Å². The van der Waals surface area contributed by atoms with E-state index in [1.807, 2.05) is 68.4 Å². The molecule has 8 nitrogen and oxygen atoms in total. The van der Waals surface area contributed by atoms with E-state index in [4.69, 9.17) is 4.74 Å². The van der Waals surface area contributed by atoms with Crippen molar-refractivity contribution in [1.82, 2.24) is 10.2 Å². The van der Waals surface area contributed by atoms with Gasteiger partial charge in [0.2, 0.25) is 5.91 Å². The fourth-order valence-electron chi connectivity index (χ4n) is 5.04. The van der Waals surface area contributed by atoms with Crippen LogP contribution in [0.2, 0.25) is 0 Å². The van der Waals surface area contributed by atoms with Gasteiger partial charge in [0.1, 0.15) is 23.4 Å². The van der Waals surface area contributed by atoms with Crippen molar-refractivity contribution in [1.29, 1.82) is 0 Å². The summed E-state index contributed by atoms with van der Waals surface area (Å²) < 4.78 is 5.54. The number of carbonyl (C=O) groups is 3. The third-order valence-corrected chi connectivity index (χ3v) is 7.28. The molecule has 0 radical (unpaired) electrons. The lowest BCUT2D eigenvalue weighted by Gasteiger charge is -2.39. The number of aromatic hydroxyl groups is 1. The van der Waals surface area contributed by atoms with Crippen LogP contribution in [0.3, 0.4) is 0 Å². The second kappa shape index (κ2) is 15.4. The molecule has 0 fully saturated rings. The Bertz CT molecular complexity index is 1400. The number of anilines is 1. The molecular weight excluding hydrogens is 554 g/mol. The Hall–Kier alpha value is -4.33. The highest BCUT2D eigenvalue weighted by Crippen LogP contribution is 2.31. The molecule has 3 rings (SSSR count). The monoisotopic (exact) mass is 601 g/mol. The average Bonchev–Trinajstić information content (AvgIpc) is 2.94. The summed E-state index contributed by atoms with van der Waals surface area (Å²) in [5.74, 6) is -0.504. The van der Waals surface area contributed by atoms with Gasteiger partial charge in [-0.1, -0.05) is 74.5 Å². The van der Waals surface area contributed by atoms with Gasteiger partial charge in [0.15, 0.2) is 0 Å². The van der Waals surface area contributed by atoms with Gasteiger partial charge in [-0.25, -0.2) is 4.79 Å². The summed E-state index contributed by atoms with van der Waals surface area (Å²) in [5.41, 5.74) is 2.02. The molecule has 0 aliphatic rings. The van der Waals surface area contributed by atoms with Gasteiger partial charge in [-0.05, 0) is 88.3 Å². The molecule has 3 aromatic rings. The average molecular weight is 602 g/mol. The number of ether oxygens (including phenoxy) is 1. The standard InChI is InChI=1S/C36H47N3O5/c1-24(2)20-21-26(4)39(34(42)31(22-27-15-9-8-10-16-27)38-35(43)44-36(5,6)7)32(28-17-13-18-29(40)23-28)33(41)37-30-19-12-11-14-25(30)3/h8-19,23-24,26,31-32,40H,20-22H2,1-7H3,(H,37,41)(H,38,43). The van der Waals surface area contributed by atoms with Crippen LogP contribution in [0, 0.1) is 12.8 Å². The molecule has 0 saturated heterocycles. The largest absolute Gasteiger partial charge is 0.508 e. The third-order valence-electron chi connectivity index (χ3n) is 7.28. The van der Waals surface area contributed by atoms with E-state index in [-0.39, 0.29) is 12.2 Å². The van der Waals surface area contributed by atoms with Crippen LogP contribution >= 0.6 is 0 Å². The molecule has 0 heterocycles. The Labute approximate surface area is 261 Å². The third kappa shape index (κ3) is 10.1. The van der Waals surface area contributed by atoms with Crippen molar-refractivity contribution < 1.29 is 24.2 Å². The molecule has 44 heavy (non-hydrogen) atoms. The Morgan fingerprint density at radius 3 is 2.16 bits per heavy atom. The summed E-state index contributed by atoms with van der Waals surface area (Å²) in [5, 5.41) is 16.3. The smallest absolute Gasteiger partial charge is 0.408 e. The SMILES string of the molecule is Cc1ccccc1NC(=O)C(c1cccc(O)c1)N(C(=O)C(Cc1ccccc1)NC(=O)OC(C)(C)C)C(C)CCC(C)C. The number of nitrogens with one attached hydrogen (secondary N) is 2. The summed E-state index contributed by atoms with van der Waals surface area (Å²) in [6.45, 7) is 13.3. The van der Waals surface area contributed by atoms with E-state index in [1.54, 1.807) is 37.8 Å². The summed E-state index contributed by atoms with van der Waals surface area (Å²) in [7, 11) is 0. The van der Waals surface area contributed by atoms with Crippen molar-refractivity contribution in [2.24, 2.45) is 5.92 Å². The van der Waals surface area contributed by atoms with Crippen LogP contribution < -0.4 is 10.6 Å². The summed E-state index contributed by atoms with van der Waals surface area (Å²) >= 11 is 0. The highest BCUT2D eigenvalue weighted by Gasteiger charge is 2.39. The first-order valence-electron chi connectivity index (χ1n) is 15.3. The molecule has 3 unspecified atom stereocenters. The number of alkyl carbamates (subject to hydrolysis) is 1. The van der Waals surface area contributed by atoms with Gasteiger partial charge in [0.05, 0.1) is 0 Å². The number of hydrogen-bond donors (Lipinski definition) is 3. The van der Waals surface area contributed by atoms with Crippen molar-refractivity contribution in [2.45, 2.75) is 91.5 Å². The first-order valence-corrected chi connectivity index (χ1v) is 15.3. The zero-order chi connectivity index (χ0) is 32.4. The van der Waals surface area contributed by atoms with Gasteiger partial charge in [-0.3, -0.25) is 9.59 Å². The Balaban J connectivity index is 2.13. The molecular formula is C36H47N3O5. The molecule has 0 bridgehead atoms. The predicted molar refractivity (Wildman–Crippen MR) is 174 cm³/mol. The Kier molecular flexibility index (Phi) is 12.0. The Morgan fingerprint density at radius 1 is 0.886 bits per heavy atom. The molecule has 3 amide bonds. The van der Waals surface area contributed by atoms with Crippen LogP contribution in [0.5, 0.6) is 5.75 Å². The molecule has 0 spiro atoms. The first-order chi connectivity index (χ1) is 20.7. The fourth-order valence-corrected chi connectivity index (χ4v) is 5.04. The number of phenols is 1. The highest BCUT2D eigenvalue weighted by atomic mass is 16.6. The lowest BCUT2D eigenvalue weighted by atomic mass is 9.95. The van der Waals surface area contributed by atoms with Crippen LogP contribution in [0.1, 0.15) is 77.1 Å². The van der Waals surface area contributed by atoms with Gasteiger partial charge < -0.3 is 25.4 Å². The number of rotatable bonds is 12. The van der Waals surface area contributed by atoms with Crippen molar-refractivity contribution in [3.05, 3.63) is 95.6 Å². The quantitative estimate of drug-likeness (QED) is 0.204. The van der Waals surface area contributed by atoms with E-state index in [9.17, 15) is 19.5 Å². The maximum absolute atomic E-state index is 14.8. The van der Waals surface area contributed by atoms with E-state index in [0.29, 0.717) is 23.6 Å². The highest BCUT2D eigenvalue weighted by molar-refractivity contribution is 5.99. The minimum absolute atomic E-state index is 0.0221. The van der Waals surface area contributed by atoms with Gasteiger partial charge in [-0.2, -0.15) is 0 Å². The second-order valence-corrected chi connectivity index (χ2v) is 12.8. The molecule has 8 heteroatoms. The van der Waals surface area contributed by atoms with E-state index in [1.165, 1.54) is 12.1 Å². The summed E-state index contributed by atoms with van der Waals surface area (Å²) in [6, 6.07) is 20.7. The van der Waals surface area contributed by atoms with Crippen molar-refractivity contribution in [2.75, 3.05) is 5.32 Å². The molecule has 236 valence electrons. The van der Waals surface area contributed by atoms with E-state index < -0.39 is 41.6 Å². The molecule has 3 atom stereocenters. The number of aryl methyl sites for hydroxylation is 1. The van der Waals surface area contributed by atoms with Gasteiger partial charge in [0, 0.05) is 18.2 Å². The molecule has 0 aliphatic carbocycles. The van der Waals surface area contributed by atoms with Crippen LogP contribution in [0.4, 0.5) is 10.5 Å². The zero-order valence-electron chi connectivity index (χ0n) is 27.0. The van der Waals surface area contributed by atoms with E-state index >= 15 is 0 Å². The molecule has 3 N–H and O–H groups in total. The number of hydrogen-bond acceptors (Lipinski definition) is 5. The van der Waals surface area contributed by atoms with Gasteiger partial charge >= 0.3 is 6.09 Å². The van der Waals surface area contributed by atoms with Crippen LogP contribution in [-0.4, -0.2) is 45.6 Å². The van der Waals surface area contributed by atoms with Crippen molar-refractivity contribution >= 4 is 23.6 Å². The molecule has 0 aromatic heterocycles. The first kappa shape index (κ1) is 34.2. The maximum atomic E-state index is 14.8. The number of phenolic OH excluding ortho intramolecular Hbond substituents is 1. The summed E-state index contributed by atoms with van der Waals surface area (Å²) in [6.07, 6.45) is 0.916. The maximum Gasteiger partial charge on any atom is 0.408 e. The zero-order valence-corrected chi connectivity index (χ0v) is 27.0. The number of para-hydroxylation sites is 1. The van der Waals surface area contributed by atoms with E-state index in [0.717, 1.165) is 17.5 Å². The number of nitrogens with zero attached hydrogens (tertiary/aromatic N) is 1. The second-order valence-electron chi connectivity index (χ2n) is 12.8. The lowest BCUT2D eigenvalue weighted by molar-refractivity contribution is -0.143. The lowest BCUT2D eigenvalue weighted by Crippen LogP contribution is -2.55. The fraction of sp³-hybridized carbons (Fsp3) is 0.417. The van der Waals surface area contributed by atoms with E-state index in [2.05, 4.69) is 24.5 Å². The normalized spacial score (nSPS) is 13.5. The summed E-state index contributed by atoms with van der Waals surface area (Å²) in [4.78, 5) is 43.6. The number of amides is 3. The minimum atomic E-state index is -1.10. The molecule has 0 saturated carbocycles. The molecule has 3 aromatic carbocycles. The van der Waals surface area contributed by atoms with Gasteiger partial charge in [-0.15, -0.1) is 0 Å². The van der Waals surface area contributed by atoms with Crippen LogP contribution in [-0.2, 0) is 20.7 Å². The van der Waals surface area contributed by atoms with Crippen LogP contribution in [0.25, 0.3) is 0 Å². The molecule has 0 aliphatic heterocycles. The predicted octanol–water partition coefficient (Wildman–Crippen LogP) is 7.17. The van der Waals surface area contributed by atoms with Crippen molar-refractivity contribution in [3.63, 3.8) is 0 Å². The number of carbonyl (C=O) groups excluding carboxylic acids is 3.